The van der Waals surface area contributed by atoms with Crippen LogP contribution in [0.2, 0.25) is 0 Å². The van der Waals surface area contributed by atoms with E-state index in [1.54, 1.807) is 0 Å². The Kier molecular flexibility index (Phi) is 6.87. The summed E-state index contributed by atoms with van der Waals surface area (Å²) in [6, 6.07) is 0. The van der Waals surface area contributed by atoms with Gasteiger partial charge in [0.1, 0.15) is 6.10 Å². The van der Waals surface area contributed by atoms with Gasteiger partial charge < -0.3 is 4.74 Å². The van der Waals surface area contributed by atoms with Gasteiger partial charge in [-0.15, -0.1) is 0 Å². The van der Waals surface area contributed by atoms with Crippen LogP contribution in [-0.2, 0) is 9.53 Å². The lowest BCUT2D eigenvalue weighted by atomic mass is 9.44. The van der Waals surface area contributed by atoms with Crippen LogP contribution >= 0.6 is 0 Å². The summed E-state index contributed by atoms with van der Waals surface area (Å²) >= 11 is 0. The predicted octanol–water partition coefficient (Wildman–Crippen LogP) is 7.90. The fraction of sp³-hybridized carbons (Fsp3) is 0.966. The van der Waals surface area contributed by atoms with Gasteiger partial charge in [0.2, 0.25) is 0 Å². The van der Waals surface area contributed by atoms with E-state index < -0.39 is 0 Å². The van der Waals surface area contributed by atoms with Crippen LogP contribution in [0.5, 0.6) is 0 Å². The van der Waals surface area contributed by atoms with Crippen LogP contribution in [0.25, 0.3) is 0 Å². The lowest BCUT2D eigenvalue weighted by molar-refractivity contribution is -0.151. The van der Waals surface area contributed by atoms with Crippen molar-refractivity contribution in [3.63, 3.8) is 0 Å². The summed E-state index contributed by atoms with van der Waals surface area (Å²) in [6.07, 6.45) is 15.2. The number of ether oxygens (including phenoxy) is 1. The first-order valence-electron chi connectivity index (χ1n) is 13.8. The zero-order valence-electron chi connectivity index (χ0n) is 21.4. The maximum Gasteiger partial charge on any atom is 0.293 e. The van der Waals surface area contributed by atoms with Crippen LogP contribution < -0.4 is 0 Å². The third-order valence-electron chi connectivity index (χ3n) is 11.8. The molecule has 0 bridgehead atoms. The molecule has 0 aromatic carbocycles. The number of fused-ring (bicyclic) bond motifs is 5. The van der Waals surface area contributed by atoms with Crippen LogP contribution in [0.4, 0.5) is 0 Å². The first-order chi connectivity index (χ1) is 14.7. The first-order valence-corrected chi connectivity index (χ1v) is 13.8. The van der Waals surface area contributed by atoms with Crippen LogP contribution in [0.3, 0.4) is 0 Å². The van der Waals surface area contributed by atoms with E-state index in [0.717, 1.165) is 60.2 Å². The molecule has 2 nitrogen and oxygen atoms in total. The molecular weight excluding hydrogens is 380 g/mol. The Balaban J connectivity index is 1.44. The van der Waals surface area contributed by atoms with E-state index in [1.165, 1.54) is 57.8 Å². The molecule has 0 heterocycles. The topological polar surface area (TPSA) is 26.3 Å². The van der Waals surface area contributed by atoms with E-state index >= 15 is 0 Å². The molecule has 4 fully saturated rings. The van der Waals surface area contributed by atoms with Gasteiger partial charge >= 0.3 is 0 Å². The highest BCUT2D eigenvalue weighted by Crippen LogP contribution is 2.68. The highest BCUT2D eigenvalue weighted by atomic mass is 16.5. The van der Waals surface area contributed by atoms with Crippen LogP contribution in [0.15, 0.2) is 0 Å². The normalized spacial score (nSPS) is 46.5. The van der Waals surface area contributed by atoms with Crippen LogP contribution in [0, 0.1) is 58.2 Å². The van der Waals surface area contributed by atoms with E-state index in [0.29, 0.717) is 17.3 Å². The molecule has 0 amide bonds. The standard InChI is InChI=1S/C29H50O2/c1-19(2)20(3)7-8-21(4)25-11-12-26-24-10-9-22-17-23(31-18-30)13-15-28(22,5)27(24)14-16-29(25,26)6/h18-27H,7-17H2,1-6H3. The second-order valence-electron chi connectivity index (χ2n) is 13.3. The summed E-state index contributed by atoms with van der Waals surface area (Å²) in [7, 11) is 0. The van der Waals surface area contributed by atoms with Crippen LogP contribution in [0.1, 0.15) is 112 Å². The number of hydrogen-bond acceptors (Lipinski definition) is 2. The van der Waals surface area contributed by atoms with E-state index in [9.17, 15) is 4.79 Å². The molecule has 10 unspecified atom stereocenters. The minimum atomic E-state index is 0.186. The average Bonchev–Trinajstić information content (AvgIpc) is 3.09. The van der Waals surface area contributed by atoms with Gasteiger partial charge in [-0.3, -0.25) is 4.79 Å². The smallest absolute Gasteiger partial charge is 0.293 e. The van der Waals surface area contributed by atoms with Crippen molar-refractivity contribution in [2.75, 3.05) is 0 Å². The largest absolute Gasteiger partial charge is 0.465 e. The summed E-state index contributed by atoms with van der Waals surface area (Å²) in [5.74, 6) is 7.10. The third-order valence-corrected chi connectivity index (χ3v) is 11.8. The lowest BCUT2D eigenvalue weighted by Gasteiger charge is -2.61. The van der Waals surface area contributed by atoms with Gasteiger partial charge in [-0.25, -0.2) is 0 Å². The molecule has 4 aliphatic rings. The highest BCUT2D eigenvalue weighted by Gasteiger charge is 2.60. The van der Waals surface area contributed by atoms with Gasteiger partial charge in [0, 0.05) is 0 Å². The molecule has 0 radical (unpaired) electrons. The summed E-state index contributed by atoms with van der Waals surface area (Å²) in [5, 5.41) is 0. The SMILES string of the molecule is CC(C)C(C)CCC(C)C1CCC2C3CCC4CC(OC=O)CCC4(C)C3CCC12C. The van der Waals surface area contributed by atoms with Crippen molar-refractivity contribution >= 4 is 6.47 Å². The van der Waals surface area contributed by atoms with E-state index in [-0.39, 0.29) is 6.10 Å². The van der Waals surface area contributed by atoms with Crippen molar-refractivity contribution in [1.82, 2.24) is 0 Å². The molecule has 4 rings (SSSR count). The fourth-order valence-corrected chi connectivity index (χ4v) is 9.46. The second-order valence-corrected chi connectivity index (χ2v) is 13.3. The van der Waals surface area contributed by atoms with E-state index in [4.69, 9.17) is 4.74 Å². The fourth-order valence-electron chi connectivity index (χ4n) is 9.46. The molecule has 31 heavy (non-hydrogen) atoms. The summed E-state index contributed by atoms with van der Waals surface area (Å²) in [5.41, 5.74) is 1.08. The average molecular weight is 431 g/mol. The molecule has 0 saturated heterocycles. The predicted molar refractivity (Wildman–Crippen MR) is 129 cm³/mol. The molecule has 10 atom stereocenters. The number of rotatable bonds is 7. The van der Waals surface area contributed by atoms with E-state index in [2.05, 4.69) is 41.5 Å². The molecule has 0 aromatic heterocycles. The molecule has 0 aliphatic heterocycles. The van der Waals surface area contributed by atoms with Crippen LogP contribution in [-0.4, -0.2) is 12.6 Å². The maximum absolute atomic E-state index is 10.9. The quantitative estimate of drug-likeness (QED) is 0.384. The minimum absolute atomic E-state index is 0.186. The van der Waals surface area contributed by atoms with Crippen molar-refractivity contribution in [1.29, 1.82) is 0 Å². The van der Waals surface area contributed by atoms with Gasteiger partial charge in [0.25, 0.3) is 6.47 Å². The van der Waals surface area contributed by atoms with Crippen molar-refractivity contribution in [3.05, 3.63) is 0 Å². The monoisotopic (exact) mass is 430 g/mol. The first kappa shape index (κ1) is 23.6. The molecular formula is C29H50O2. The number of carbonyl (C=O) groups excluding carboxylic acids is 1. The summed E-state index contributed by atoms with van der Waals surface area (Å²) in [6.45, 7) is 15.8. The number of hydrogen-bond donors (Lipinski definition) is 0. The van der Waals surface area contributed by atoms with Gasteiger partial charge in [0.05, 0.1) is 0 Å². The molecule has 0 aromatic rings. The Morgan fingerprint density at radius 3 is 2.29 bits per heavy atom. The van der Waals surface area contributed by atoms with Gasteiger partial charge in [0.15, 0.2) is 0 Å². The molecule has 4 saturated carbocycles. The minimum Gasteiger partial charge on any atom is -0.465 e. The maximum atomic E-state index is 10.9. The molecule has 0 spiro atoms. The van der Waals surface area contributed by atoms with Gasteiger partial charge in [-0.05, 0) is 116 Å². The molecule has 4 aliphatic carbocycles. The summed E-state index contributed by atoms with van der Waals surface area (Å²) in [4.78, 5) is 10.9. The Morgan fingerprint density at radius 2 is 1.58 bits per heavy atom. The molecule has 2 heteroatoms. The Labute approximate surface area is 192 Å². The Hall–Kier alpha value is -0.530. The lowest BCUT2D eigenvalue weighted by Crippen LogP contribution is -2.54. The summed E-state index contributed by atoms with van der Waals surface area (Å²) < 4.78 is 5.41. The van der Waals surface area contributed by atoms with Crippen molar-refractivity contribution < 1.29 is 9.53 Å². The zero-order valence-corrected chi connectivity index (χ0v) is 21.4. The third kappa shape index (κ3) is 4.12. The number of carbonyl (C=O) groups is 1. The molecule has 0 N–H and O–H groups in total. The van der Waals surface area contributed by atoms with Gasteiger partial charge in [-0.2, -0.15) is 0 Å². The zero-order chi connectivity index (χ0) is 22.4. The van der Waals surface area contributed by atoms with Crippen molar-refractivity contribution in [3.8, 4) is 0 Å². The van der Waals surface area contributed by atoms with Crippen molar-refractivity contribution in [2.24, 2.45) is 58.2 Å². The Morgan fingerprint density at radius 1 is 0.871 bits per heavy atom. The molecule has 178 valence electrons. The Bertz CT molecular complexity index is 628. The second kappa shape index (κ2) is 9.02. The van der Waals surface area contributed by atoms with E-state index in [1.807, 2.05) is 0 Å². The van der Waals surface area contributed by atoms with Crippen molar-refractivity contribution in [2.45, 2.75) is 118 Å². The van der Waals surface area contributed by atoms with Gasteiger partial charge in [-0.1, -0.05) is 54.4 Å². The highest BCUT2D eigenvalue weighted by molar-refractivity contribution is 5.37.